The summed E-state index contributed by atoms with van der Waals surface area (Å²) in [7, 11) is 0. The quantitative estimate of drug-likeness (QED) is 0.680. The van der Waals surface area contributed by atoms with E-state index in [4.69, 9.17) is 5.73 Å². The molecule has 3 fully saturated rings. The lowest BCUT2D eigenvalue weighted by molar-refractivity contribution is 0.105. The van der Waals surface area contributed by atoms with Crippen LogP contribution in [0.3, 0.4) is 0 Å². The third-order valence-corrected chi connectivity index (χ3v) is 5.40. The van der Waals surface area contributed by atoms with Crippen molar-refractivity contribution in [2.24, 2.45) is 23.0 Å². The molecule has 0 radical (unpaired) electrons. The monoisotopic (exact) mass is 193 g/mol. The highest BCUT2D eigenvalue weighted by Gasteiger charge is 2.51. The van der Waals surface area contributed by atoms with Crippen molar-refractivity contribution in [1.29, 1.82) is 0 Å². The zero-order valence-electron chi connectivity index (χ0n) is 9.17. The summed E-state index contributed by atoms with van der Waals surface area (Å²) in [4.78, 5) is 0. The van der Waals surface area contributed by atoms with Gasteiger partial charge in [0, 0.05) is 6.04 Å². The lowest BCUT2D eigenvalue weighted by atomic mass is 9.65. The van der Waals surface area contributed by atoms with E-state index in [9.17, 15) is 0 Å². The summed E-state index contributed by atoms with van der Waals surface area (Å²) in [6.45, 7) is 0. The van der Waals surface area contributed by atoms with Crippen LogP contribution in [0.2, 0.25) is 0 Å². The van der Waals surface area contributed by atoms with Crippen molar-refractivity contribution in [2.75, 3.05) is 0 Å². The minimum Gasteiger partial charge on any atom is -0.327 e. The third-order valence-electron chi connectivity index (χ3n) is 5.40. The summed E-state index contributed by atoms with van der Waals surface area (Å²) in [6.07, 6.45) is 13.2. The molecular formula is C13H23N. The van der Waals surface area contributed by atoms with Gasteiger partial charge in [-0.25, -0.2) is 0 Å². The van der Waals surface area contributed by atoms with Gasteiger partial charge in [-0.2, -0.15) is 0 Å². The standard InChI is InChI=1S/C13H23N/c14-12-4-2-1-3-11(12)13-7-5-10(9-13)6-8-13/h10-12H,1-9,14H2. The van der Waals surface area contributed by atoms with Crippen molar-refractivity contribution in [3.8, 4) is 0 Å². The zero-order valence-corrected chi connectivity index (χ0v) is 9.17. The molecule has 2 unspecified atom stereocenters. The summed E-state index contributed by atoms with van der Waals surface area (Å²) < 4.78 is 0. The van der Waals surface area contributed by atoms with Crippen LogP contribution in [-0.4, -0.2) is 6.04 Å². The van der Waals surface area contributed by atoms with Crippen LogP contribution < -0.4 is 5.73 Å². The first-order valence-electron chi connectivity index (χ1n) is 6.56. The highest BCUT2D eigenvalue weighted by atomic mass is 14.7. The summed E-state index contributed by atoms with van der Waals surface area (Å²) in [5.41, 5.74) is 7.06. The smallest absolute Gasteiger partial charge is 0.00724 e. The number of hydrogen-bond donors (Lipinski definition) is 1. The molecule has 0 aromatic rings. The van der Waals surface area contributed by atoms with Gasteiger partial charge in [-0.1, -0.05) is 12.8 Å². The van der Waals surface area contributed by atoms with Gasteiger partial charge in [0.25, 0.3) is 0 Å². The summed E-state index contributed by atoms with van der Waals surface area (Å²) in [6, 6.07) is 0.542. The molecule has 2 atom stereocenters. The molecule has 80 valence electrons. The van der Waals surface area contributed by atoms with Gasteiger partial charge in [-0.15, -0.1) is 0 Å². The minimum atomic E-state index is 0.542. The Labute approximate surface area is 87.4 Å². The number of nitrogens with two attached hydrogens (primary N) is 1. The highest BCUT2D eigenvalue weighted by Crippen LogP contribution is 2.60. The van der Waals surface area contributed by atoms with Gasteiger partial charge in [0.05, 0.1) is 0 Å². The van der Waals surface area contributed by atoms with Crippen LogP contribution >= 0.6 is 0 Å². The van der Waals surface area contributed by atoms with Gasteiger partial charge in [0.2, 0.25) is 0 Å². The van der Waals surface area contributed by atoms with Crippen LogP contribution in [0.4, 0.5) is 0 Å². The minimum absolute atomic E-state index is 0.542. The molecule has 3 aliphatic carbocycles. The summed E-state index contributed by atoms with van der Waals surface area (Å²) >= 11 is 0. The van der Waals surface area contributed by atoms with Gasteiger partial charge in [0.15, 0.2) is 0 Å². The Hall–Kier alpha value is -0.0400. The Morgan fingerprint density at radius 2 is 1.64 bits per heavy atom. The third kappa shape index (κ3) is 1.25. The molecule has 0 saturated heterocycles. The molecule has 0 aromatic carbocycles. The van der Waals surface area contributed by atoms with Gasteiger partial charge in [0.1, 0.15) is 0 Å². The normalized spacial score (nSPS) is 52.5. The molecule has 14 heavy (non-hydrogen) atoms. The predicted molar refractivity (Wildman–Crippen MR) is 58.9 cm³/mol. The van der Waals surface area contributed by atoms with Crippen molar-refractivity contribution in [3.05, 3.63) is 0 Å². The van der Waals surface area contributed by atoms with Crippen molar-refractivity contribution in [2.45, 2.75) is 63.8 Å². The van der Waals surface area contributed by atoms with Crippen LogP contribution in [-0.2, 0) is 0 Å². The van der Waals surface area contributed by atoms with E-state index < -0.39 is 0 Å². The van der Waals surface area contributed by atoms with Crippen molar-refractivity contribution in [1.82, 2.24) is 0 Å². The molecule has 3 rings (SSSR count). The summed E-state index contributed by atoms with van der Waals surface area (Å²) in [5, 5.41) is 0. The molecule has 0 aliphatic heterocycles. The molecule has 3 aliphatic rings. The Bertz CT molecular complexity index is 215. The molecular weight excluding hydrogens is 170 g/mol. The molecule has 1 nitrogen and oxygen atoms in total. The Morgan fingerprint density at radius 1 is 0.929 bits per heavy atom. The van der Waals surface area contributed by atoms with Gasteiger partial charge < -0.3 is 5.73 Å². The fourth-order valence-electron chi connectivity index (χ4n) is 4.68. The maximum absolute atomic E-state index is 6.34. The van der Waals surface area contributed by atoms with Crippen LogP contribution in [0.25, 0.3) is 0 Å². The maximum atomic E-state index is 6.34. The number of hydrogen-bond acceptors (Lipinski definition) is 1. The molecule has 0 aromatic heterocycles. The first kappa shape index (κ1) is 9.21. The second-order valence-electron chi connectivity index (χ2n) is 6.06. The lowest BCUT2D eigenvalue weighted by Gasteiger charge is -2.42. The number of fused-ring (bicyclic) bond motifs is 2. The Kier molecular flexibility index (Phi) is 2.12. The molecule has 3 saturated carbocycles. The topological polar surface area (TPSA) is 26.0 Å². The molecule has 2 N–H and O–H groups in total. The van der Waals surface area contributed by atoms with E-state index >= 15 is 0 Å². The average Bonchev–Trinajstić information content (AvgIpc) is 2.79. The van der Waals surface area contributed by atoms with Crippen molar-refractivity contribution >= 4 is 0 Å². The van der Waals surface area contributed by atoms with E-state index in [0.29, 0.717) is 6.04 Å². The molecule has 0 spiro atoms. The number of rotatable bonds is 1. The van der Waals surface area contributed by atoms with E-state index in [1.165, 1.54) is 57.8 Å². The second-order valence-corrected chi connectivity index (χ2v) is 6.06. The van der Waals surface area contributed by atoms with E-state index in [0.717, 1.165) is 17.3 Å². The SMILES string of the molecule is NC1CCCCC1C12CCC(CC1)C2. The Balaban J connectivity index is 1.79. The first-order valence-corrected chi connectivity index (χ1v) is 6.56. The lowest BCUT2D eigenvalue weighted by Crippen LogP contribution is -2.42. The van der Waals surface area contributed by atoms with E-state index in [-0.39, 0.29) is 0 Å². The molecule has 2 bridgehead atoms. The van der Waals surface area contributed by atoms with Gasteiger partial charge in [-0.05, 0) is 62.2 Å². The van der Waals surface area contributed by atoms with Crippen LogP contribution in [0, 0.1) is 17.3 Å². The fraction of sp³-hybridized carbons (Fsp3) is 1.00. The molecule has 0 heterocycles. The summed E-state index contributed by atoms with van der Waals surface area (Å²) in [5.74, 6) is 1.98. The van der Waals surface area contributed by atoms with E-state index in [2.05, 4.69) is 0 Å². The largest absolute Gasteiger partial charge is 0.327 e. The van der Waals surface area contributed by atoms with E-state index in [1.54, 1.807) is 0 Å². The second kappa shape index (κ2) is 3.23. The zero-order chi connectivity index (χ0) is 9.60. The highest BCUT2D eigenvalue weighted by molar-refractivity contribution is 5.02. The molecule has 1 heteroatoms. The van der Waals surface area contributed by atoms with Crippen molar-refractivity contribution in [3.63, 3.8) is 0 Å². The van der Waals surface area contributed by atoms with Crippen LogP contribution in [0.1, 0.15) is 57.8 Å². The van der Waals surface area contributed by atoms with Gasteiger partial charge in [-0.3, -0.25) is 0 Å². The molecule has 0 amide bonds. The van der Waals surface area contributed by atoms with Gasteiger partial charge >= 0.3 is 0 Å². The van der Waals surface area contributed by atoms with Crippen LogP contribution in [0.15, 0.2) is 0 Å². The maximum Gasteiger partial charge on any atom is 0.00724 e. The fourth-order valence-corrected chi connectivity index (χ4v) is 4.68. The van der Waals surface area contributed by atoms with Crippen LogP contribution in [0.5, 0.6) is 0 Å². The van der Waals surface area contributed by atoms with Crippen molar-refractivity contribution < 1.29 is 0 Å². The Morgan fingerprint density at radius 3 is 2.21 bits per heavy atom. The predicted octanol–water partition coefficient (Wildman–Crippen LogP) is 3.08. The first-order chi connectivity index (χ1) is 6.80. The average molecular weight is 193 g/mol. The van der Waals surface area contributed by atoms with E-state index in [1.807, 2.05) is 0 Å².